The second-order valence-electron chi connectivity index (χ2n) is 6.25. The van der Waals surface area contributed by atoms with Crippen molar-refractivity contribution in [3.8, 4) is 0 Å². The summed E-state index contributed by atoms with van der Waals surface area (Å²) in [5.74, 6) is 0.182. The maximum absolute atomic E-state index is 11.8. The number of rotatable bonds is 5. The SMILES string of the molecule is CCCC(=O)N1CC2(C[C@H](OCC(=O)N(C)C)CCO2)C1. The molecule has 0 aromatic rings. The molecule has 0 unspecified atom stereocenters. The predicted molar refractivity (Wildman–Crippen MR) is 77.8 cm³/mol. The second-order valence-corrected chi connectivity index (χ2v) is 6.25. The van der Waals surface area contributed by atoms with E-state index in [4.69, 9.17) is 9.47 Å². The summed E-state index contributed by atoms with van der Waals surface area (Å²) >= 11 is 0. The molecule has 120 valence electrons. The monoisotopic (exact) mass is 298 g/mol. The van der Waals surface area contributed by atoms with Gasteiger partial charge in [-0.3, -0.25) is 9.59 Å². The molecule has 6 nitrogen and oxygen atoms in total. The minimum Gasteiger partial charge on any atom is -0.371 e. The van der Waals surface area contributed by atoms with Gasteiger partial charge in [-0.15, -0.1) is 0 Å². The Bertz CT molecular complexity index is 391. The largest absolute Gasteiger partial charge is 0.371 e. The summed E-state index contributed by atoms with van der Waals surface area (Å²) < 4.78 is 11.6. The van der Waals surface area contributed by atoms with Gasteiger partial charge in [0.05, 0.1) is 19.2 Å². The number of nitrogens with zero attached hydrogens (tertiary/aromatic N) is 2. The normalized spacial score (nSPS) is 23.8. The van der Waals surface area contributed by atoms with Crippen LogP contribution in [0.2, 0.25) is 0 Å². The molecule has 1 spiro atoms. The van der Waals surface area contributed by atoms with E-state index >= 15 is 0 Å². The quantitative estimate of drug-likeness (QED) is 0.748. The molecule has 2 heterocycles. The lowest BCUT2D eigenvalue weighted by molar-refractivity contribution is -0.201. The molecule has 2 saturated heterocycles. The van der Waals surface area contributed by atoms with Crippen LogP contribution in [0, 0.1) is 0 Å². The van der Waals surface area contributed by atoms with E-state index in [9.17, 15) is 9.59 Å². The first-order valence-corrected chi connectivity index (χ1v) is 7.69. The van der Waals surface area contributed by atoms with E-state index in [2.05, 4.69) is 0 Å². The van der Waals surface area contributed by atoms with Crippen molar-refractivity contribution in [2.75, 3.05) is 40.4 Å². The number of amides is 2. The molecule has 0 aromatic heterocycles. The first-order valence-electron chi connectivity index (χ1n) is 7.69. The molecule has 2 fully saturated rings. The number of hydrogen-bond donors (Lipinski definition) is 0. The fraction of sp³-hybridized carbons (Fsp3) is 0.867. The van der Waals surface area contributed by atoms with Gasteiger partial charge in [0.25, 0.3) is 0 Å². The topological polar surface area (TPSA) is 59.1 Å². The van der Waals surface area contributed by atoms with E-state index in [-0.39, 0.29) is 30.1 Å². The van der Waals surface area contributed by atoms with E-state index in [1.807, 2.05) is 11.8 Å². The van der Waals surface area contributed by atoms with Gasteiger partial charge < -0.3 is 19.3 Å². The van der Waals surface area contributed by atoms with Crippen LogP contribution in [-0.4, -0.2) is 73.7 Å². The molecule has 2 aliphatic rings. The number of ether oxygens (including phenoxy) is 2. The lowest BCUT2D eigenvalue weighted by Crippen LogP contribution is -2.67. The highest BCUT2D eigenvalue weighted by atomic mass is 16.5. The van der Waals surface area contributed by atoms with Gasteiger partial charge in [0.2, 0.25) is 11.8 Å². The zero-order valence-corrected chi connectivity index (χ0v) is 13.3. The lowest BCUT2D eigenvalue weighted by Gasteiger charge is -2.53. The third-order valence-corrected chi connectivity index (χ3v) is 4.16. The molecule has 0 saturated carbocycles. The Hall–Kier alpha value is -1.14. The first-order chi connectivity index (χ1) is 9.96. The van der Waals surface area contributed by atoms with E-state index in [1.165, 1.54) is 4.90 Å². The summed E-state index contributed by atoms with van der Waals surface area (Å²) in [6.45, 7) is 4.08. The third-order valence-electron chi connectivity index (χ3n) is 4.16. The number of hydrogen-bond acceptors (Lipinski definition) is 4. The van der Waals surface area contributed by atoms with Gasteiger partial charge in [-0.1, -0.05) is 6.92 Å². The van der Waals surface area contributed by atoms with Crippen molar-refractivity contribution in [1.82, 2.24) is 9.80 Å². The van der Waals surface area contributed by atoms with Gasteiger partial charge in [0, 0.05) is 33.5 Å². The van der Waals surface area contributed by atoms with Gasteiger partial charge in [0.1, 0.15) is 12.2 Å². The Labute approximate surface area is 126 Å². The lowest BCUT2D eigenvalue weighted by atomic mass is 9.84. The zero-order valence-electron chi connectivity index (χ0n) is 13.3. The van der Waals surface area contributed by atoms with Crippen LogP contribution in [0.3, 0.4) is 0 Å². The van der Waals surface area contributed by atoms with Crippen LogP contribution in [0.1, 0.15) is 32.6 Å². The summed E-state index contributed by atoms with van der Waals surface area (Å²) in [6.07, 6.45) is 3.11. The highest BCUT2D eigenvalue weighted by Gasteiger charge is 2.49. The predicted octanol–water partition coefficient (Wildman–Crippen LogP) is 0.651. The van der Waals surface area contributed by atoms with Crippen molar-refractivity contribution in [2.45, 2.75) is 44.3 Å². The molecule has 2 amide bonds. The van der Waals surface area contributed by atoms with Crippen LogP contribution in [0.4, 0.5) is 0 Å². The summed E-state index contributed by atoms with van der Waals surface area (Å²) in [7, 11) is 3.45. The van der Waals surface area contributed by atoms with Crippen molar-refractivity contribution in [3.05, 3.63) is 0 Å². The Morgan fingerprint density at radius 1 is 1.38 bits per heavy atom. The highest BCUT2D eigenvalue weighted by Crippen LogP contribution is 2.35. The Balaban J connectivity index is 1.77. The van der Waals surface area contributed by atoms with Gasteiger partial charge >= 0.3 is 0 Å². The zero-order chi connectivity index (χ0) is 15.5. The standard InChI is InChI=1S/C15H26N2O4/c1-4-5-13(18)17-10-15(11-17)8-12(6-7-21-15)20-9-14(19)16(2)3/h12H,4-11H2,1-3H3/t12-/m1/s1. The van der Waals surface area contributed by atoms with Crippen LogP contribution >= 0.6 is 0 Å². The van der Waals surface area contributed by atoms with Crippen LogP contribution < -0.4 is 0 Å². The summed E-state index contributed by atoms with van der Waals surface area (Å²) in [5, 5.41) is 0. The molecule has 0 aliphatic carbocycles. The summed E-state index contributed by atoms with van der Waals surface area (Å²) in [6, 6.07) is 0. The van der Waals surface area contributed by atoms with E-state index < -0.39 is 0 Å². The number of carbonyl (C=O) groups excluding carboxylic acids is 2. The Kier molecular flexibility index (Phi) is 5.22. The van der Waals surface area contributed by atoms with Crippen LogP contribution in [0.15, 0.2) is 0 Å². The molecule has 1 atom stereocenters. The molecule has 0 N–H and O–H groups in total. The molecule has 21 heavy (non-hydrogen) atoms. The van der Waals surface area contributed by atoms with E-state index in [0.717, 1.165) is 19.3 Å². The molecular weight excluding hydrogens is 272 g/mol. The smallest absolute Gasteiger partial charge is 0.248 e. The maximum Gasteiger partial charge on any atom is 0.248 e. The fourth-order valence-corrected chi connectivity index (χ4v) is 2.86. The minimum absolute atomic E-state index is 0.0242. The van der Waals surface area contributed by atoms with Gasteiger partial charge in [-0.25, -0.2) is 0 Å². The highest BCUT2D eigenvalue weighted by molar-refractivity contribution is 5.77. The number of likely N-dealkylation sites (tertiary alicyclic amines) is 1. The maximum atomic E-state index is 11.8. The average molecular weight is 298 g/mol. The van der Waals surface area contributed by atoms with Gasteiger partial charge in [0.15, 0.2) is 0 Å². The summed E-state index contributed by atoms with van der Waals surface area (Å²) in [4.78, 5) is 26.8. The molecule has 2 rings (SSSR count). The molecule has 0 bridgehead atoms. The second kappa shape index (κ2) is 6.75. The molecular formula is C15H26N2O4. The van der Waals surface area contributed by atoms with Gasteiger partial charge in [-0.2, -0.15) is 0 Å². The van der Waals surface area contributed by atoms with E-state index in [0.29, 0.717) is 26.1 Å². The van der Waals surface area contributed by atoms with Crippen molar-refractivity contribution in [3.63, 3.8) is 0 Å². The van der Waals surface area contributed by atoms with Crippen molar-refractivity contribution < 1.29 is 19.1 Å². The Morgan fingerprint density at radius 3 is 2.71 bits per heavy atom. The number of carbonyl (C=O) groups is 2. The average Bonchev–Trinajstić information content (AvgIpc) is 2.42. The first kappa shape index (κ1) is 16.2. The summed E-state index contributed by atoms with van der Waals surface area (Å²) in [5.41, 5.74) is -0.243. The fourth-order valence-electron chi connectivity index (χ4n) is 2.86. The minimum atomic E-state index is -0.243. The number of likely N-dealkylation sites (N-methyl/N-ethyl adjacent to an activating group) is 1. The Morgan fingerprint density at radius 2 is 2.10 bits per heavy atom. The third kappa shape index (κ3) is 3.95. The van der Waals surface area contributed by atoms with E-state index in [1.54, 1.807) is 14.1 Å². The van der Waals surface area contributed by atoms with Crippen LogP contribution in [0.5, 0.6) is 0 Å². The molecule has 6 heteroatoms. The molecule has 0 radical (unpaired) electrons. The van der Waals surface area contributed by atoms with Crippen molar-refractivity contribution in [1.29, 1.82) is 0 Å². The van der Waals surface area contributed by atoms with Crippen molar-refractivity contribution >= 4 is 11.8 Å². The molecule has 2 aliphatic heterocycles. The van der Waals surface area contributed by atoms with Crippen molar-refractivity contribution in [2.24, 2.45) is 0 Å². The molecule has 0 aromatic carbocycles. The van der Waals surface area contributed by atoms with Gasteiger partial charge in [-0.05, 0) is 12.8 Å². The van der Waals surface area contributed by atoms with Crippen LogP contribution in [-0.2, 0) is 19.1 Å². The van der Waals surface area contributed by atoms with Crippen LogP contribution in [0.25, 0.3) is 0 Å².